The van der Waals surface area contributed by atoms with E-state index in [2.05, 4.69) is 0 Å². The van der Waals surface area contributed by atoms with Gasteiger partial charge in [-0.05, 0) is 0 Å². The first-order valence-corrected chi connectivity index (χ1v) is 3.08. The van der Waals surface area contributed by atoms with Crippen molar-refractivity contribution >= 4 is 0 Å². The summed E-state index contributed by atoms with van der Waals surface area (Å²) in [6.07, 6.45) is 0. The lowest BCUT2D eigenvalue weighted by Gasteiger charge is -2.16. The molecule has 0 amide bonds. The van der Waals surface area contributed by atoms with Crippen LogP contribution in [0.25, 0.3) is 0 Å². The predicted molar refractivity (Wildman–Crippen MR) is 33.9 cm³/mol. The zero-order valence-electron chi connectivity index (χ0n) is 5.57. The summed E-state index contributed by atoms with van der Waals surface area (Å²) in [4.78, 5) is 21.9. The molecule has 0 fully saturated rings. The second-order valence-electron chi connectivity index (χ2n) is 2.37. The molecule has 1 aromatic heterocycles. The highest BCUT2D eigenvalue weighted by Crippen LogP contribution is 1.92. The molecule has 0 aliphatic carbocycles. The van der Waals surface area contributed by atoms with E-state index < -0.39 is 0 Å². The summed E-state index contributed by atoms with van der Waals surface area (Å²) in [5.74, 6) is 0. The quantitative estimate of drug-likeness (QED) is 0.435. The molecule has 0 radical (unpaired) electrons. The minimum atomic E-state index is -0.212. The third-order valence-electron chi connectivity index (χ3n) is 1.83. The van der Waals surface area contributed by atoms with Crippen LogP contribution in [0, 0.1) is 0 Å². The number of hydrogen-bond acceptors (Lipinski definition) is 2. The molecule has 0 atom stereocenters. The molecule has 0 saturated heterocycles. The Labute approximate surface area is 56.1 Å². The van der Waals surface area contributed by atoms with Crippen LogP contribution < -0.4 is 11.4 Å². The first-order valence-electron chi connectivity index (χ1n) is 3.08. The lowest BCUT2D eigenvalue weighted by molar-refractivity contribution is 0.297. The normalized spacial score (nSPS) is 14.5. The molecule has 5 nitrogen and oxygen atoms in total. The summed E-state index contributed by atoms with van der Waals surface area (Å²) in [6, 6.07) is 0. The Morgan fingerprint density at radius 2 is 1.50 bits per heavy atom. The van der Waals surface area contributed by atoms with Gasteiger partial charge in [0.2, 0.25) is 0 Å². The molecule has 5 heteroatoms. The van der Waals surface area contributed by atoms with Crippen LogP contribution in [0.4, 0.5) is 0 Å². The molecule has 0 bridgehead atoms. The van der Waals surface area contributed by atoms with Crippen molar-refractivity contribution in [2.75, 3.05) is 0 Å². The first kappa shape index (κ1) is 5.52. The van der Waals surface area contributed by atoms with E-state index in [0.717, 1.165) is 4.57 Å². The van der Waals surface area contributed by atoms with E-state index in [-0.39, 0.29) is 11.4 Å². The van der Waals surface area contributed by atoms with E-state index in [1.54, 1.807) is 0 Å². The molecule has 1 aromatic rings. The minimum absolute atomic E-state index is 0.212. The Kier molecular flexibility index (Phi) is 0.783. The van der Waals surface area contributed by atoms with Gasteiger partial charge in [0.05, 0.1) is 13.1 Å². The fourth-order valence-electron chi connectivity index (χ4n) is 1.13. The third-order valence-corrected chi connectivity index (χ3v) is 1.83. The molecule has 2 heterocycles. The van der Waals surface area contributed by atoms with Gasteiger partial charge in [0.15, 0.2) is 0 Å². The summed E-state index contributed by atoms with van der Waals surface area (Å²) in [5, 5.41) is 0. The van der Waals surface area contributed by atoms with Gasteiger partial charge >= 0.3 is 11.4 Å². The molecule has 0 spiro atoms. The number of hydrogen-bond donors (Lipinski definition) is 0. The van der Waals surface area contributed by atoms with Crippen LogP contribution in [-0.4, -0.2) is 13.9 Å². The van der Waals surface area contributed by atoms with E-state index in [1.165, 1.54) is 16.4 Å². The number of aromatic nitrogens is 3. The van der Waals surface area contributed by atoms with Crippen LogP contribution in [0.15, 0.2) is 9.59 Å². The molecule has 2 rings (SSSR count). The number of nitrogens with zero attached hydrogens (tertiary/aromatic N) is 3. The molecule has 0 unspecified atom stereocenters. The fourth-order valence-corrected chi connectivity index (χ4v) is 1.13. The van der Waals surface area contributed by atoms with Crippen molar-refractivity contribution in [1.82, 2.24) is 13.9 Å². The van der Waals surface area contributed by atoms with Crippen LogP contribution in [0.2, 0.25) is 0 Å². The van der Waals surface area contributed by atoms with Gasteiger partial charge < -0.3 is 0 Å². The van der Waals surface area contributed by atoms with Crippen molar-refractivity contribution in [2.45, 2.75) is 13.1 Å². The Hall–Kier alpha value is -1.26. The van der Waals surface area contributed by atoms with Gasteiger partial charge in [0, 0.05) is 7.05 Å². The largest absolute Gasteiger partial charge is 0.346 e. The average molecular weight is 141 g/mol. The Morgan fingerprint density at radius 3 is 1.70 bits per heavy atom. The Balaban J connectivity index is 2.99. The van der Waals surface area contributed by atoms with Crippen LogP contribution in [0.3, 0.4) is 0 Å². The molecular formula is C5H7N3O2. The maximum absolute atomic E-state index is 11.0. The van der Waals surface area contributed by atoms with Crippen molar-refractivity contribution in [2.24, 2.45) is 7.05 Å². The zero-order valence-corrected chi connectivity index (χ0v) is 5.57. The summed E-state index contributed by atoms with van der Waals surface area (Å²) in [7, 11) is 1.49. The SMILES string of the molecule is Cn1c(=O)n2n(c1=O)CC2. The lowest BCUT2D eigenvalue weighted by Crippen LogP contribution is -2.38. The zero-order chi connectivity index (χ0) is 7.30. The van der Waals surface area contributed by atoms with Crippen molar-refractivity contribution in [3.05, 3.63) is 21.0 Å². The lowest BCUT2D eigenvalue weighted by atomic mass is 10.5. The molecule has 1 aliphatic rings. The van der Waals surface area contributed by atoms with Gasteiger partial charge in [0.25, 0.3) is 0 Å². The second-order valence-corrected chi connectivity index (χ2v) is 2.37. The topological polar surface area (TPSA) is 48.9 Å². The maximum atomic E-state index is 11.0. The van der Waals surface area contributed by atoms with Gasteiger partial charge in [-0.15, -0.1) is 0 Å². The third kappa shape index (κ3) is 0.394. The summed E-state index contributed by atoms with van der Waals surface area (Å²) in [5.41, 5.74) is -0.424. The molecular weight excluding hydrogens is 134 g/mol. The Morgan fingerprint density at radius 1 is 1.10 bits per heavy atom. The highest BCUT2D eigenvalue weighted by atomic mass is 16.2. The number of rotatable bonds is 0. The van der Waals surface area contributed by atoms with E-state index in [0.29, 0.717) is 13.1 Å². The van der Waals surface area contributed by atoms with Crippen LogP contribution >= 0.6 is 0 Å². The molecule has 0 aromatic carbocycles. The summed E-state index contributed by atoms with van der Waals surface area (Å²) >= 11 is 0. The fraction of sp³-hybridized carbons (Fsp3) is 0.600. The van der Waals surface area contributed by atoms with Crippen molar-refractivity contribution in [3.63, 3.8) is 0 Å². The van der Waals surface area contributed by atoms with Crippen LogP contribution in [0.1, 0.15) is 0 Å². The van der Waals surface area contributed by atoms with E-state index in [1.807, 2.05) is 0 Å². The van der Waals surface area contributed by atoms with Gasteiger partial charge in [-0.3, -0.25) is 0 Å². The molecule has 0 saturated carbocycles. The molecule has 1 aliphatic heterocycles. The standard InChI is InChI=1S/C5H7N3O2/c1-6-4(9)7-2-3-8(7)5(6)10/h2-3H2,1H3. The minimum Gasteiger partial charge on any atom is -0.246 e. The Bertz CT molecular complexity index is 345. The monoisotopic (exact) mass is 141 g/mol. The van der Waals surface area contributed by atoms with Gasteiger partial charge in [-0.2, -0.15) is 0 Å². The predicted octanol–water partition coefficient (Wildman–Crippen LogP) is -1.64. The van der Waals surface area contributed by atoms with Crippen molar-refractivity contribution in [1.29, 1.82) is 0 Å². The maximum Gasteiger partial charge on any atom is 0.346 e. The van der Waals surface area contributed by atoms with Crippen molar-refractivity contribution in [3.8, 4) is 0 Å². The van der Waals surface area contributed by atoms with E-state index >= 15 is 0 Å². The second kappa shape index (κ2) is 1.42. The molecule has 0 N–H and O–H groups in total. The first-order chi connectivity index (χ1) is 4.72. The average Bonchev–Trinajstić information content (AvgIpc) is 1.92. The van der Waals surface area contributed by atoms with Crippen molar-refractivity contribution < 1.29 is 0 Å². The molecule has 54 valence electrons. The highest BCUT2D eigenvalue weighted by Gasteiger charge is 2.19. The summed E-state index contributed by atoms with van der Waals surface area (Å²) in [6.45, 7) is 1.35. The molecule has 10 heavy (non-hydrogen) atoms. The number of fused-ring (bicyclic) bond motifs is 1. The van der Waals surface area contributed by atoms with Gasteiger partial charge in [-0.25, -0.2) is 23.5 Å². The van der Waals surface area contributed by atoms with Gasteiger partial charge in [-0.1, -0.05) is 0 Å². The van der Waals surface area contributed by atoms with Crippen LogP contribution in [0.5, 0.6) is 0 Å². The smallest absolute Gasteiger partial charge is 0.246 e. The highest BCUT2D eigenvalue weighted by molar-refractivity contribution is 4.77. The van der Waals surface area contributed by atoms with E-state index in [9.17, 15) is 9.59 Å². The van der Waals surface area contributed by atoms with Gasteiger partial charge in [0.1, 0.15) is 0 Å². The van der Waals surface area contributed by atoms with E-state index in [4.69, 9.17) is 0 Å². The van der Waals surface area contributed by atoms with Crippen LogP contribution in [-0.2, 0) is 20.1 Å². The summed E-state index contributed by atoms with van der Waals surface area (Å²) < 4.78 is 3.98.